The fourth-order valence-corrected chi connectivity index (χ4v) is 1.61. The molecule has 3 heteroatoms. The molecule has 15 heavy (non-hydrogen) atoms. The third kappa shape index (κ3) is 5.54. The van der Waals surface area contributed by atoms with E-state index in [9.17, 15) is 0 Å². The summed E-state index contributed by atoms with van der Waals surface area (Å²) in [6.45, 7) is 11.8. The van der Waals surface area contributed by atoms with Gasteiger partial charge in [-0.05, 0) is 41.4 Å². The van der Waals surface area contributed by atoms with Crippen LogP contribution in [-0.2, 0) is 0 Å². The molecular formula is C12H19BrN2. The summed E-state index contributed by atoms with van der Waals surface area (Å²) in [5.74, 6) is 0. The maximum Gasteiger partial charge on any atom is 0.124 e. The Labute approximate surface area is 101 Å². The van der Waals surface area contributed by atoms with Crippen LogP contribution in [0, 0.1) is 25.2 Å². The van der Waals surface area contributed by atoms with E-state index in [0.29, 0.717) is 10.2 Å². The number of aromatic nitrogens is 1. The molecule has 0 N–H and O–H groups in total. The van der Waals surface area contributed by atoms with Gasteiger partial charge in [0.1, 0.15) is 10.7 Å². The van der Waals surface area contributed by atoms with Crippen molar-refractivity contribution in [3.63, 3.8) is 0 Å². The molecule has 1 aromatic heterocycles. The summed E-state index contributed by atoms with van der Waals surface area (Å²) in [7, 11) is 0. The van der Waals surface area contributed by atoms with E-state index in [4.69, 9.17) is 5.26 Å². The van der Waals surface area contributed by atoms with Crippen LogP contribution in [0.2, 0.25) is 0 Å². The number of halogens is 1. The van der Waals surface area contributed by atoms with Gasteiger partial charge in [0, 0.05) is 5.69 Å². The van der Waals surface area contributed by atoms with Gasteiger partial charge in [0.05, 0.1) is 5.56 Å². The molecule has 0 aromatic carbocycles. The highest BCUT2D eigenvalue weighted by molar-refractivity contribution is 9.10. The number of pyridine rings is 1. The highest BCUT2D eigenvalue weighted by atomic mass is 79.9. The van der Waals surface area contributed by atoms with Crippen LogP contribution in [0.4, 0.5) is 0 Å². The lowest BCUT2D eigenvalue weighted by Crippen LogP contribution is -1.90. The van der Waals surface area contributed by atoms with Crippen molar-refractivity contribution in [1.82, 2.24) is 4.98 Å². The summed E-state index contributed by atoms with van der Waals surface area (Å²) in [6, 6.07) is 3.97. The average molecular weight is 271 g/mol. The standard InChI is InChI=1S/C8H7BrN2.2C2H6/c1-5-3-6(2)11-8(9)7(5)4-10;2*1-2/h3H,1-2H3;2*1-2H3. The van der Waals surface area contributed by atoms with E-state index >= 15 is 0 Å². The Hall–Kier alpha value is -0.880. The van der Waals surface area contributed by atoms with E-state index in [-0.39, 0.29) is 0 Å². The second-order valence-corrected chi connectivity index (χ2v) is 3.11. The highest BCUT2D eigenvalue weighted by Crippen LogP contribution is 2.17. The topological polar surface area (TPSA) is 36.7 Å². The van der Waals surface area contributed by atoms with Crippen LogP contribution in [0.25, 0.3) is 0 Å². The number of hydrogen-bond donors (Lipinski definition) is 0. The van der Waals surface area contributed by atoms with Crippen molar-refractivity contribution in [1.29, 1.82) is 5.26 Å². The third-order valence-electron chi connectivity index (χ3n) is 1.41. The van der Waals surface area contributed by atoms with Crippen molar-refractivity contribution in [2.24, 2.45) is 0 Å². The van der Waals surface area contributed by atoms with E-state index in [1.807, 2.05) is 47.6 Å². The molecule has 0 saturated carbocycles. The summed E-state index contributed by atoms with van der Waals surface area (Å²) in [5.41, 5.74) is 2.51. The Bertz CT molecular complexity index is 304. The molecule has 1 aromatic rings. The number of aryl methyl sites for hydroxylation is 2. The minimum absolute atomic E-state index is 0.621. The molecule has 0 bridgehead atoms. The molecule has 1 rings (SSSR count). The van der Waals surface area contributed by atoms with Gasteiger partial charge in [-0.1, -0.05) is 27.7 Å². The zero-order valence-corrected chi connectivity index (χ0v) is 11.9. The summed E-state index contributed by atoms with van der Waals surface area (Å²) < 4.78 is 0.637. The van der Waals surface area contributed by atoms with E-state index in [1.54, 1.807) is 0 Å². The minimum Gasteiger partial charge on any atom is -0.245 e. The van der Waals surface area contributed by atoms with Crippen molar-refractivity contribution in [3.8, 4) is 6.07 Å². The number of nitrogens with zero attached hydrogens (tertiary/aromatic N) is 2. The smallest absolute Gasteiger partial charge is 0.124 e. The molecule has 1 heterocycles. The first-order valence-corrected chi connectivity index (χ1v) is 5.98. The zero-order valence-electron chi connectivity index (χ0n) is 10.3. The number of hydrogen-bond acceptors (Lipinski definition) is 2. The summed E-state index contributed by atoms with van der Waals surface area (Å²) in [5, 5.41) is 8.67. The molecule has 84 valence electrons. The summed E-state index contributed by atoms with van der Waals surface area (Å²) in [4.78, 5) is 4.10. The molecule has 0 aliphatic carbocycles. The predicted molar refractivity (Wildman–Crippen MR) is 68.8 cm³/mol. The van der Waals surface area contributed by atoms with E-state index < -0.39 is 0 Å². The molecular weight excluding hydrogens is 252 g/mol. The second-order valence-electron chi connectivity index (χ2n) is 2.36. The van der Waals surface area contributed by atoms with Crippen LogP contribution in [0.5, 0.6) is 0 Å². The maximum atomic E-state index is 8.67. The summed E-state index contributed by atoms with van der Waals surface area (Å²) in [6.07, 6.45) is 0. The molecule has 2 nitrogen and oxygen atoms in total. The molecule has 0 saturated heterocycles. The van der Waals surface area contributed by atoms with Crippen LogP contribution >= 0.6 is 15.9 Å². The van der Waals surface area contributed by atoms with Gasteiger partial charge < -0.3 is 0 Å². The van der Waals surface area contributed by atoms with Crippen LogP contribution in [-0.4, -0.2) is 4.98 Å². The van der Waals surface area contributed by atoms with Gasteiger partial charge in [-0.2, -0.15) is 5.26 Å². The molecule has 0 amide bonds. The largest absolute Gasteiger partial charge is 0.245 e. The summed E-state index contributed by atoms with van der Waals surface area (Å²) >= 11 is 3.22. The molecule has 0 atom stereocenters. The molecule has 0 aliphatic rings. The Morgan fingerprint density at radius 3 is 2.00 bits per heavy atom. The quantitative estimate of drug-likeness (QED) is 0.656. The van der Waals surface area contributed by atoms with Gasteiger partial charge in [-0.15, -0.1) is 0 Å². The average Bonchev–Trinajstić information content (AvgIpc) is 2.23. The van der Waals surface area contributed by atoms with E-state index in [0.717, 1.165) is 11.3 Å². The Morgan fingerprint density at radius 1 is 1.20 bits per heavy atom. The Kier molecular flexibility index (Phi) is 10.7. The van der Waals surface area contributed by atoms with Gasteiger partial charge in [-0.25, -0.2) is 4.98 Å². The van der Waals surface area contributed by atoms with Crippen molar-refractivity contribution in [2.75, 3.05) is 0 Å². The lowest BCUT2D eigenvalue weighted by Gasteiger charge is -2.00. The minimum atomic E-state index is 0.621. The first kappa shape index (κ1) is 16.5. The highest BCUT2D eigenvalue weighted by Gasteiger charge is 2.03. The van der Waals surface area contributed by atoms with Crippen molar-refractivity contribution >= 4 is 15.9 Å². The van der Waals surface area contributed by atoms with Crippen LogP contribution in [0.1, 0.15) is 44.5 Å². The first-order chi connectivity index (χ1) is 7.15. The van der Waals surface area contributed by atoms with Crippen molar-refractivity contribution in [2.45, 2.75) is 41.5 Å². The van der Waals surface area contributed by atoms with Gasteiger partial charge >= 0.3 is 0 Å². The zero-order chi connectivity index (χ0) is 12.4. The van der Waals surface area contributed by atoms with Gasteiger partial charge in [0.15, 0.2) is 0 Å². The molecule has 0 aliphatic heterocycles. The number of rotatable bonds is 0. The fraction of sp³-hybridized carbons (Fsp3) is 0.500. The maximum absolute atomic E-state index is 8.67. The van der Waals surface area contributed by atoms with Gasteiger partial charge in [-0.3, -0.25) is 0 Å². The van der Waals surface area contributed by atoms with Crippen molar-refractivity contribution < 1.29 is 0 Å². The SMILES string of the molecule is CC.CC.Cc1cc(C)c(C#N)c(Br)n1. The third-order valence-corrected chi connectivity index (χ3v) is 1.99. The van der Waals surface area contributed by atoms with Crippen LogP contribution in [0.15, 0.2) is 10.7 Å². The lowest BCUT2D eigenvalue weighted by atomic mass is 10.1. The Balaban J connectivity index is 0. The van der Waals surface area contributed by atoms with Crippen molar-refractivity contribution in [3.05, 3.63) is 27.5 Å². The van der Waals surface area contributed by atoms with E-state index in [2.05, 4.69) is 27.0 Å². The van der Waals surface area contributed by atoms with Crippen LogP contribution < -0.4 is 0 Å². The van der Waals surface area contributed by atoms with Gasteiger partial charge in [0.2, 0.25) is 0 Å². The molecule has 0 unspecified atom stereocenters. The number of nitriles is 1. The predicted octanol–water partition coefficient (Wildman–Crippen LogP) is 4.39. The Morgan fingerprint density at radius 2 is 1.67 bits per heavy atom. The van der Waals surface area contributed by atoms with Gasteiger partial charge in [0.25, 0.3) is 0 Å². The van der Waals surface area contributed by atoms with E-state index in [1.165, 1.54) is 0 Å². The molecule has 0 radical (unpaired) electrons. The normalized spacial score (nSPS) is 7.60. The lowest BCUT2D eigenvalue weighted by molar-refractivity contribution is 1.13. The first-order valence-electron chi connectivity index (χ1n) is 5.19. The monoisotopic (exact) mass is 270 g/mol. The van der Waals surface area contributed by atoms with Crippen LogP contribution in [0.3, 0.4) is 0 Å². The molecule has 0 spiro atoms. The molecule has 0 fully saturated rings. The fourth-order valence-electron chi connectivity index (χ4n) is 0.926. The second kappa shape index (κ2) is 9.67.